The van der Waals surface area contributed by atoms with Gasteiger partial charge in [0.2, 0.25) is 0 Å². The minimum Gasteiger partial charge on any atom is -0.315 e. The van der Waals surface area contributed by atoms with Crippen LogP contribution in [-0.2, 0) is 6.54 Å². The molecule has 0 saturated heterocycles. The zero-order chi connectivity index (χ0) is 10.7. The molecule has 0 atom stereocenters. The van der Waals surface area contributed by atoms with Crippen LogP contribution in [0.3, 0.4) is 0 Å². The van der Waals surface area contributed by atoms with Crippen molar-refractivity contribution in [2.45, 2.75) is 6.54 Å². The molecule has 3 heteroatoms. The Morgan fingerprint density at radius 2 is 1.87 bits per heavy atom. The Morgan fingerprint density at radius 3 is 2.53 bits per heavy atom. The van der Waals surface area contributed by atoms with Crippen LogP contribution in [0.4, 0.5) is 0 Å². The van der Waals surface area contributed by atoms with Gasteiger partial charge in [-0.15, -0.1) is 11.3 Å². The summed E-state index contributed by atoms with van der Waals surface area (Å²) in [7, 11) is 1.96. The van der Waals surface area contributed by atoms with E-state index in [9.17, 15) is 0 Å². The summed E-state index contributed by atoms with van der Waals surface area (Å²) < 4.78 is 0. The third kappa shape index (κ3) is 2.59. The highest BCUT2D eigenvalue weighted by Gasteiger charge is 2.01. The van der Waals surface area contributed by atoms with Gasteiger partial charge in [0.25, 0.3) is 0 Å². The van der Waals surface area contributed by atoms with E-state index in [2.05, 4.69) is 29.6 Å². The molecule has 15 heavy (non-hydrogen) atoms. The third-order valence-electron chi connectivity index (χ3n) is 2.14. The molecule has 0 spiro atoms. The lowest BCUT2D eigenvalue weighted by molar-refractivity contribution is 0.831. The van der Waals surface area contributed by atoms with E-state index in [0.717, 1.165) is 11.6 Å². The van der Waals surface area contributed by atoms with Crippen molar-refractivity contribution in [2.24, 2.45) is 0 Å². The number of benzene rings is 1. The zero-order valence-corrected chi connectivity index (χ0v) is 10.0. The van der Waals surface area contributed by atoms with Crippen LogP contribution in [0, 0.1) is 0 Å². The molecule has 0 aliphatic rings. The normalized spacial score (nSPS) is 10.5. The van der Waals surface area contributed by atoms with E-state index in [1.54, 1.807) is 0 Å². The lowest BCUT2D eigenvalue weighted by Crippen LogP contribution is -2.02. The van der Waals surface area contributed by atoms with Crippen molar-refractivity contribution in [3.63, 3.8) is 0 Å². The number of hydrogen-bond acceptors (Lipinski definition) is 2. The summed E-state index contributed by atoms with van der Waals surface area (Å²) in [6, 6.07) is 12.3. The molecule has 1 nitrogen and oxygen atoms in total. The van der Waals surface area contributed by atoms with E-state index in [4.69, 9.17) is 11.6 Å². The van der Waals surface area contributed by atoms with E-state index in [1.165, 1.54) is 15.3 Å². The maximum Gasteiger partial charge on any atom is 0.0406 e. The SMILES string of the molecule is CNCc1ccc(-c2ccc(Cl)cc2)s1. The summed E-state index contributed by atoms with van der Waals surface area (Å²) in [5, 5.41) is 3.93. The Morgan fingerprint density at radius 1 is 1.13 bits per heavy atom. The molecule has 0 amide bonds. The van der Waals surface area contributed by atoms with Crippen LogP contribution in [-0.4, -0.2) is 7.05 Å². The number of thiophene rings is 1. The van der Waals surface area contributed by atoms with Crippen LogP contribution in [0.5, 0.6) is 0 Å². The van der Waals surface area contributed by atoms with Crippen molar-refractivity contribution in [3.8, 4) is 10.4 Å². The minimum absolute atomic E-state index is 0.783. The maximum absolute atomic E-state index is 5.85. The first-order valence-corrected chi connectivity index (χ1v) is 5.98. The van der Waals surface area contributed by atoms with Crippen LogP contribution in [0.15, 0.2) is 36.4 Å². The van der Waals surface area contributed by atoms with Crippen molar-refractivity contribution in [1.82, 2.24) is 5.32 Å². The van der Waals surface area contributed by atoms with Gasteiger partial charge in [0.05, 0.1) is 0 Å². The van der Waals surface area contributed by atoms with Gasteiger partial charge >= 0.3 is 0 Å². The highest BCUT2D eigenvalue weighted by Crippen LogP contribution is 2.28. The van der Waals surface area contributed by atoms with Crippen LogP contribution in [0.1, 0.15) is 4.88 Å². The largest absolute Gasteiger partial charge is 0.315 e. The first-order chi connectivity index (χ1) is 7.29. The Kier molecular flexibility index (Phi) is 3.41. The topological polar surface area (TPSA) is 12.0 Å². The molecule has 0 radical (unpaired) electrons. The Labute approximate surface area is 98.7 Å². The summed E-state index contributed by atoms with van der Waals surface area (Å²) in [5.74, 6) is 0. The summed E-state index contributed by atoms with van der Waals surface area (Å²) in [5.41, 5.74) is 1.23. The van der Waals surface area contributed by atoms with Gasteiger partial charge in [-0.2, -0.15) is 0 Å². The molecule has 1 N–H and O–H groups in total. The van der Waals surface area contributed by atoms with E-state index in [-0.39, 0.29) is 0 Å². The first-order valence-electron chi connectivity index (χ1n) is 4.79. The average Bonchev–Trinajstić information content (AvgIpc) is 2.68. The van der Waals surface area contributed by atoms with Gasteiger partial charge in [0.15, 0.2) is 0 Å². The Hall–Kier alpha value is -0.830. The van der Waals surface area contributed by atoms with Gasteiger partial charge < -0.3 is 5.32 Å². The third-order valence-corrected chi connectivity index (χ3v) is 3.53. The predicted molar refractivity (Wildman–Crippen MR) is 67.5 cm³/mol. The Bertz CT molecular complexity index is 433. The van der Waals surface area contributed by atoms with Crippen molar-refractivity contribution in [1.29, 1.82) is 0 Å². The monoisotopic (exact) mass is 237 g/mol. The molecule has 78 valence electrons. The number of hydrogen-bond donors (Lipinski definition) is 1. The molecule has 0 aliphatic carbocycles. The number of halogens is 1. The highest BCUT2D eigenvalue weighted by atomic mass is 35.5. The van der Waals surface area contributed by atoms with Gasteiger partial charge in [-0.1, -0.05) is 23.7 Å². The quantitative estimate of drug-likeness (QED) is 0.857. The minimum atomic E-state index is 0.783. The van der Waals surface area contributed by atoms with Crippen LogP contribution in [0.25, 0.3) is 10.4 Å². The molecule has 0 fully saturated rings. The van der Waals surface area contributed by atoms with Crippen molar-refractivity contribution in [3.05, 3.63) is 46.3 Å². The molecular weight excluding hydrogens is 226 g/mol. The fourth-order valence-electron chi connectivity index (χ4n) is 1.42. The van der Waals surface area contributed by atoms with Gasteiger partial charge in [0, 0.05) is 21.3 Å². The van der Waals surface area contributed by atoms with Crippen molar-refractivity contribution in [2.75, 3.05) is 7.05 Å². The molecule has 1 aromatic carbocycles. The highest BCUT2D eigenvalue weighted by molar-refractivity contribution is 7.15. The molecule has 0 bridgehead atoms. The van der Waals surface area contributed by atoms with E-state index >= 15 is 0 Å². The molecule has 0 saturated carbocycles. The molecular formula is C12H12ClNS. The smallest absolute Gasteiger partial charge is 0.0406 e. The molecule has 1 heterocycles. The van der Waals surface area contributed by atoms with Crippen molar-refractivity contribution >= 4 is 22.9 Å². The van der Waals surface area contributed by atoms with Crippen LogP contribution >= 0.6 is 22.9 Å². The fourth-order valence-corrected chi connectivity index (χ4v) is 2.57. The van der Waals surface area contributed by atoms with Crippen molar-refractivity contribution < 1.29 is 0 Å². The standard InChI is InChI=1S/C12H12ClNS/c1-14-8-11-6-7-12(15-11)9-2-4-10(13)5-3-9/h2-7,14H,8H2,1H3. The molecule has 1 aromatic heterocycles. The Balaban J connectivity index is 2.25. The molecule has 0 aliphatic heterocycles. The predicted octanol–water partition coefficient (Wildman–Crippen LogP) is 3.79. The molecule has 2 aromatic rings. The van der Waals surface area contributed by atoms with Crippen LogP contribution < -0.4 is 5.32 Å². The van der Waals surface area contributed by atoms with E-state index < -0.39 is 0 Å². The molecule has 0 unspecified atom stereocenters. The zero-order valence-electron chi connectivity index (χ0n) is 8.46. The van der Waals surface area contributed by atoms with Gasteiger partial charge in [-0.05, 0) is 36.9 Å². The second-order valence-electron chi connectivity index (χ2n) is 3.30. The van der Waals surface area contributed by atoms with Gasteiger partial charge in [-0.3, -0.25) is 0 Å². The summed E-state index contributed by atoms with van der Waals surface area (Å²) in [4.78, 5) is 2.64. The fraction of sp³-hybridized carbons (Fsp3) is 0.167. The van der Waals surface area contributed by atoms with E-state index in [0.29, 0.717) is 0 Å². The maximum atomic E-state index is 5.85. The summed E-state index contributed by atoms with van der Waals surface area (Å²) >= 11 is 7.66. The number of nitrogens with one attached hydrogen (secondary N) is 1. The summed E-state index contributed by atoms with van der Waals surface area (Å²) in [6.07, 6.45) is 0. The van der Waals surface area contributed by atoms with E-state index in [1.807, 2.05) is 30.5 Å². The lowest BCUT2D eigenvalue weighted by atomic mass is 10.2. The van der Waals surface area contributed by atoms with Gasteiger partial charge in [-0.25, -0.2) is 0 Å². The van der Waals surface area contributed by atoms with Gasteiger partial charge in [0.1, 0.15) is 0 Å². The second kappa shape index (κ2) is 4.79. The lowest BCUT2D eigenvalue weighted by Gasteiger charge is -1.97. The first kappa shape index (κ1) is 10.7. The average molecular weight is 238 g/mol. The molecule has 2 rings (SSSR count). The van der Waals surface area contributed by atoms with Crippen LogP contribution in [0.2, 0.25) is 5.02 Å². The number of rotatable bonds is 3. The summed E-state index contributed by atoms with van der Waals surface area (Å²) in [6.45, 7) is 0.929. The second-order valence-corrected chi connectivity index (χ2v) is 4.91.